The maximum atomic E-state index is 13.9. The van der Waals surface area contributed by atoms with Gasteiger partial charge in [-0.3, -0.25) is 4.79 Å². The minimum Gasteiger partial charge on any atom is -0.496 e. The van der Waals surface area contributed by atoms with Gasteiger partial charge in [-0.2, -0.15) is 15.4 Å². The van der Waals surface area contributed by atoms with Crippen molar-refractivity contribution in [1.29, 1.82) is 0 Å². The lowest BCUT2D eigenvalue weighted by Gasteiger charge is -2.34. The number of carbonyl (C=O) groups is 1. The van der Waals surface area contributed by atoms with Gasteiger partial charge in [-0.25, -0.2) is 9.37 Å². The summed E-state index contributed by atoms with van der Waals surface area (Å²) < 4.78 is 27.0. The van der Waals surface area contributed by atoms with E-state index in [1.54, 1.807) is 49.9 Å². The Hall–Kier alpha value is -5.49. The topological polar surface area (TPSA) is 117 Å². The Balaban J connectivity index is 0.999. The highest BCUT2D eigenvalue weighted by molar-refractivity contribution is 5.98. The number of amides is 1. The highest BCUT2D eigenvalue weighted by Crippen LogP contribution is 2.29. The Bertz CT molecular complexity index is 2000. The third kappa shape index (κ3) is 7.40. The van der Waals surface area contributed by atoms with Crippen LogP contribution in [-0.2, 0) is 6.54 Å². The number of H-pyrrole nitrogens is 1. The van der Waals surface area contributed by atoms with E-state index in [-0.39, 0.29) is 17.6 Å². The summed E-state index contributed by atoms with van der Waals surface area (Å²) in [6.07, 6.45) is 7.87. The smallest absolute Gasteiger partial charge is 0.257 e. The number of aromatic nitrogens is 5. The van der Waals surface area contributed by atoms with E-state index in [9.17, 15) is 9.18 Å². The van der Waals surface area contributed by atoms with Gasteiger partial charge in [0.1, 0.15) is 17.3 Å². The fraction of sp³-hybridized carbons (Fsp3) is 0.316. The molecule has 1 unspecified atom stereocenters. The molecule has 1 saturated heterocycles. The van der Waals surface area contributed by atoms with Crippen LogP contribution in [-0.4, -0.2) is 87.0 Å². The summed E-state index contributed by atoms with van der Waals surface area (Å²) in [5.74, 6) is 0.927. The Labute approximate surface area is 290 Å². The first kappa shape index (κ1) is 33.0. The number of ether oxygens (including phenoxy) is 1. The maximum absolute atomic E-state index is 13.9. The number of halogens is 1. The number of nitrogens with zero attached hydrogens (tertiary/aromatic N) is 6. The van der Waals surface area contributed by atoms with Gasteiger partial charge < -0.3 is 28.8 Å². The summed E-state index contributed by atoms with van der Waals surface area (Å²) in [6.45, 7) is 3.89. The van der Waals surface area contributed by atoms with Crippen molar-refractivity contribution in [1.82, 2.24) is 34.8 Å². The SMILES string of the molecule is COc1ccc(-c2cn[nH]n2)cc1C(=O)N(C)CC(CCN1CCC(Nc2nc3ccccc3n2Cc2ccoc2)CC1)c1ccc(F)cc1. The summed E-state index contributed by atoms with van der Waals surface area (Å²) in [4.78, 5) is 23.0. The molecule has 0 aliphatic carbocycles. The van der Waals surface area contributed by atoms with Crippen LogP contribution in [0.2, 0.25) is 0 Å². The molecule has 0 saturated carbocycles. The molecule has 12 heteroatoms. The molecule has 0 radical (unpaired) electrons. The van der Waals surface area contributed by atoms with E-state index in [4.69, 9.17) is 14.1 Å². The van der Waals surface area contributed by atoms with E-state index in [1.165, 1.54) is 12.1 Å². The number of nitrogens with one attached hydrogen (secondary N) is 2. The molecule has 1 amide bonds. The molecule has 1 aliphatic heterocycles. The van der Waals surface area contributed by atoms with Crippen LogP contribution >= 0.6 is 0 Å². The molecule has 3 aromatic heterocycles. The number of likely N-dealkylation sites (N-methyl/N-ethyl adjacent to an activating group) is 1. The second-order valence-electron chi connectivity index (χ2n) is 12.9. The van der Waals surface area contributed by atoms with Crippen molar-refractivity contribution < 1.29 is 18.3 Å². The molecular formula is C38H41FN8O3. The summed E-state index contributed by atoms with van der Waals surface area (Å²) in [5, 5.41) is 14.4. The molecule has 7 rings (SSSR count). The van der Waals surface area contributed by atoms with E-state index >= 15 is 0 Å². The van der Waals surface area contributed by atoms with Gasteiger partial charge in [0, 0.05) is 49.8 Å². The first-order chi connectivity index (χ1) is 24.4. The van der Waals surface area contributed by atoms with Crippen LogP contribution in [0, 0.1) is 5.82 Å². The fourth-order valence-electron chi connectivity index (χ4n) is 6.83. The van der Waals surface area contributed by atoms with Crippen LogP contribution in [0.1, 0.15) is 46.7 Å². The first-order valence-electron chi connectivity index (χ1n) is 17.0. The zero-order valence-corrected chi connectivity index (χ0v) is 28.3. The molecule has 258 valence electrons. The number of anilines is 1. The van der Waals surface area contributed by atoms with Gasteiger partial charge >= 0.3 is 0 Å². The molecule has 1 aliphatic rings. The lowest BCUT2D eigenvalue weighted by Crippen LogP contribution is -2.40. The van der Waals surface area contributed by atoms with Crippen LogP contribution < -0.4 is 10.1 Å². The third-order valence-electron chi connectivity index (χ3n) is 9.61. The number of hydrogen-bond acceptors (Lipinski definition) is 8. The van der Waals surface area contributed by atoms with Crippen molar-refractivity contribution in [2.45, 2.75) is 37.8 Å². The number of para-hydroxylation sites is 2. The second kappa shape index (κ2) is 15.0. The van der Waals surface area contributed by atoms with E-state index in [1.807, 2.05) is 42.5 Å². The van der Waals surface area contributed by atoms with Crippen molar-refractivity contribution in [2.24, 2.45) is 0 Å². The molecule has 0 spiro atoms. The average molecular weight is 677 g/mol. The van der Waals surface area contributed by atoms with Crippen molar-refractivity contribution in [3.05, 3.63) is 114 Å². The average Bonchev–Trinajstić information content (AvgIpc) is 3.94. The standard InChI is InChI=1S/C38H41FN8O3/c1-45(37(48)32-21-28(9-12-36(32)49-2)34-22-40-44-43-34)24-29(27-7-10-30(39)11-8-27)13-17-46-18-14-31(15-19-46)41-38-42-33-5-3-4-6-35(33)47(38)23-26-16-20-50-25-26/h3-12,16,20-22,25,29,31H,13-15,17-19,23-24H2,1-2H3,(H,41,42)(H,40,43,44). The number of piperidine rings is 1. The van der Waals surface area contributed by atoms with Gasteiger partial charge in [0.25, 0.3) is 5.91 Å². The van der Waals surface area contributed by atoms with Gasteiger partial charge in [0.2, 0.25) is 5.95 Å². The van der Waals surface area contributed by atoms with Gasteiger partial charge in [-0.05, 0) is 79.9 Å². The number of aromatic amines is 1. The van der Waals surface area contributed by atoms with E-state index in [0.29, 0.717) is 36.1 Å². The predicted molar refractivity (Wildman–Crippen MR) is 190 cm³/mol. The molecule has 50 heavy (non-hydrogen) atoms. The molecular weight excluding hydrogens is 635 g/mol. The molecule has 11 nitrogen and oxygen atoms in total. The predicted octanol–water partition coefficient (Wildman–Crippen LogP) is 6.43. The minimum absolute atomic E-state index is 0.00736. The van der Waals surface area contributed by atoms with Crippen molar-refractivity contribution in [2.75, 3.05) is 45.7 Å². The lowest BCUT2D eigenvalue weighted by atomic mass is 9.93. The highest BCUT2D eigenvalue weighted by atomic mass is 19.1. The number of rotatable bonds is 13. The van der Waals surface area contributed by atoms with Crippen LogP contribution in [0.15, 0.2) is 95.9 Å². The largest absolute Gasteiger partial charge is 0.496 e. The Kier molecular flexibility index (Phi) is 9.88. The van der Waals surface area contributed by atoms with Gasteiger partial charge in [-0.1, -0.05) is 24.3 Å². The van der Waals surface area contributed by atoms with Crippen molar-refractivity contribution in [3.63, 3.8) is 0 Å². The molecule has 2 N–H and O–H groups in total. The molecule has 4 heterocycles. The van der Waals surface area contributed by atoms with Crippen LogP contribution in [0.4, 0.5) is 10.3 Å². The quantitative estimate of drug-likeness (QED) is 0.144. The summed E-state index contributed by atoms with van der Waals surface area (Å²) in [7, 11) is 3.36. The summed E-state index contributed by atoms with van der Waals surface area (Å²) in [5.41, 5.74) is 5.99. The van der Waals surface area contributed by atoms with Gasteiger partial charge in [-0.15, -0.1) is 0 Å². The number of fused-ring (bicyclic) bond motifs is 1. The zero-order valence-electron chi connectivity index (χ0n) is 28.3. The Morgan fingerprint density at radius 2 is 1.94 bits per heavy atom. The van der Waals surface area contributed by atoms with Crippen LogP contribution in [0.5, 0.6) is 5.75 Å². The summed E-state index contributed by atoms with van der Waals surface area (Å²) in [6, 6.07) is 22.5. The van der Waals surface area contributed by atoms with Crippen molar-refractivity contribution in [3.8, 4) is 17.0 Å². The van der Waals surface area contributed by atoms with E-state index in [2.05, 4.69) is 36.3 Å². The number of methoxy groups -OCH3 is 1. The summed E-state index contributed by atoms with van der Waals surface area (Å²) >= 11 is 0. The lowest BCUT2D eigenvalue weighted by molar-refractivity contribution is 0.0778. The molecule has 6 aromatic rings. The third-order valence-corrected chi connectivity index (χ3v) is 9.61. The number of carbonyl (C=O) groups excluding carboxylic acids is 1. The minimum atomic E-state index is -0.279. The van der Waals surface area contributed by atoms with Crippen LogP contribution in [0.3, 0.4) is 0 Å². The Morgan fingerprint density at radius 1 is 1.12 bits per heavy atom. The molecule has 0 bridgehead atoms. The van der Waals surface area contributed by atoms with E-state index in [0.717, 1.165) is 72.6 Å². The van der Waals surface area contributed by atoms with Gasteiger partial charge in [0.15, 0.2) is 0 Å². The Morgan fingerprint density at radius 3 is 2.68 bits per heavy atom. The second-order valence-corrected chi connectivity index (χ2v) is 12.9. The number of likely N-dealkylation sites (tertiary alicyclic amines) is 1. The molecule has 1 fully saturated rings. The zero-order chi connectivity index (χ0) is 34.5. The fourth-order valence-corrected chi connectivity index (χ4v) is 6.83. The van der Waals surface area contributed by atoms with Gasteiger partial charge in [0.05, 0.1) is 49.0 Å². The number of hydrogen-bond donors (Lipinski definition) is 2. The maximum Gasteiger partial charge on any atom is 0.257 e. The first-order valence-corrected chi connectivity index (χ1v) is 17.0. The monoisotopic (exact) mass is 676 g/mol. The number of imidazole rings is 1. The van der Waals surface area contributed by atoms with Crippen molar-refractivity contribution >= 4 is 22.9 Å². The van der Waals surface area contributed by atoms with Crippen LogP contribution in [0.25, 0.3) is 22.3 Å². The highest BCUT2D eigenvalue weighted by Gasteiger charge is 2.25. The number of furan rings is 1. The molecule has 1 atom stereocenters. The number of benzene rings is 3. The van der Waals surface area contributed by atoms with E-state index < -0.39 is 0 Å². The normalized spacial score (nSPS) is 14.5. The molecule has 3 aromatic carbocycles.